The van der Waals surface area contributed by atoms with E-state index in [2.05, 4.69) is 78.1 Å². The molecule has 2 atom stereocenters. The number of hydrogen-bond acceptors (Lipinski definition) is 9. The Balaban J connectivity index is 1.07. The van der Waals surface area contributed by atoms with Gasteiger partial charge in [-0.3, -0.25) is 9.59 Å². The first-order valence-corrected chi connectivity index (χ1v) is 20.4. The highest BCUT2D eigenvalue weighted by Gasteiger charge is 2.29. The maximum atomic E-state index is 13.9. The van der Waals surface area contributed by atoms with Crippen molar-refractivity contribution in [1.29, 1.82) is 0 Å². The Morgan fingerprint density at radius 2 is 1.48 bits per heavy atom. The number of carbonyl (C=O) groups excluding carboxylic acids is 4. The number of methoxy groups -OCH3 is 2. The van der Waals surface area contributed by atoms with Crippen LogP contribution in [0.25, 0.3) is 44.4 Å². The molecule has 3 heterocycles. The van der Waals surface area contributed by atoms with Gasteiger partial charge in [0, 0.05) is 36.0 Å². The fraction of sp³-hybridized carbons (Fsp3) is 0.250. The number of H-pyrrole nitrogens is 2. The van der Waals surface area contributed by atoms with Crippen molar-refractivity contribution in [3.05, 3.63) is 127 Å². The molecule has 15 nitrogen and oxygen atoms in total. The number of aromatic nitrogens is 4. The molecule has 63 heavy (non-hydrogen) atoms. The molecule has 2 aromatic heterocycles. The van der Waals surface area contributed by atoms with Crippen molar-refractivity contribution >= 4 is 34.8 Å². The number of ether oxygens (including phenoxy) is 3. The van der Waals surface area contributed by atoms with Gasteiger partial charge in [0.05, 0.1) is 51.1 Å². The molecule has 0 radical (unpaired) electrons. The monoisotopic (exact) mass is 848 g/mol. The number of nitrogens with zero attached hydrogens (tertiary/aromatic N) is 4. The molecule has 322 valence electrons. The van der Waals surface area contributed by atoms with Crippen LogP contribution in [0.15, 0.2) is 104 Å². The molecule has 7 rings (SSSR count). The molecule has 0 fully saturated rings. The SMILES string of the molecule is C#CCCN(Cc1ncc(-c2ccc3c4c(ccc3c2)-c2ccc(-c3cnc(CN(CCC)C(=O)[C@H](C=C)NC(=O)OC)[nH]3)cc2CO4)[nH]1)C(=O)[C@H](NC(=O)OC)c1ccccc1. The van der Waals surface area contributed by atoms with Gasteiger partial charge in [0.1, 0.15) is 36.1 Å². The molecule has 15 heteroatoms. The molecule has 1 aliphatic rings. The second-order valence-electron chi connectivity index (χ2n) is 14.8. The van der Waals surface area contributed by atoms with Crippen molar-refractivity contribution in [2.45, 2.75) is 51.5 Å². The molecule has 1 aliphatic heterocycles. The van der Waals surface area contributed by atoms with Crippen LogP contribution in [-0.4, -0.2) is 87.1 Å². The summed E-state index contributed by atoms with van der Waals surface area (Å²) in [6.07, 6.45) is 10.0. The second-order valence-corrected chi connectivity index (χ2v) is 14.8. The van der Waals surface area contributed by atoms with Crippen LogP contribution in [-0.2, 0) is 38.8 Å². The van der Waals surface area contributed by atoms with Crippen molar-refractivity contribution in [1.82, 2.24) is 40.4 Å². The van der Waals surface area contributed by atoms with E-state index in [1.807, 2.05) is 31.2 Å². The second kappa shape index (κ2) is 19.7. The first kappa shape index (κ1) is 43.2. The largest absolute Gasteiger partial charge is 0.488 e. The third-order valence-electron chi connectivity index (χ3n) is 10.7. The van der Waals surface area contributed by atoms with Crippen LogP contribution in [0.5, 0.6) is 5.75 Å². The smallest absolute Gasteiger partial charge is 0.407 e. The molecule has 4 N–H and O–H groups in total. The lowest BCUT2D eigenvalue weighted by molar-refractivity contribution is -0.134. The summed E-state index contributed by atoms with van der Waals surface area (Å²) < 4.78 is 15.9. The van der Waals surface area contributed by atoms with Crippen molar-refractivity contribution in [3.63, 3.8) is 0 Å². The van der Waals surface area contributed by atoms with Gasteiger partial charge in [-0.25, -0.2) is 19.6 Å². The van der Waals surface area contributed by atoms with E-state index in [-0.39, 0.29) is 31.4 Å². The molecule has 0 saturated carbocycles. The summed E-state index contributed by atoms with van der Waals surface area (Å²) in [5.41, 5.74) is 7.06. The zero-order chi connectivity index (χ0) is 44.5. The predicted octanol–water partition coefficient (Wildman–Crippen LogP) is 7.28. The van der Waals surface area contributed by atoms with Gasteiger partial charge >= 0.3 is 12.2 Å². The fourth-order valence-electron chi connectivity index (χ4n) is 7.57. The van der Waals surface area contributed by atoms with Crippen LogP contribution in [0.3, 0.4) is 0 Å². The molecule has 0 aliphatic carbocycles. The van der Waals surface area contributed by atoms with Crippen LogP contribution in [0, 0.1) is 12.3 Å². The topological polar surface area (TPSA) is 184 Å². The van der Waals surface area contributed by atoms with E-state index in [0.717, 1.165) is 55.7 Å². The number of benzene rings is 4. The zero-order valence-electron chi connectivity index (χ0n) is 35.3. The van der Waals surface area contributed by atoms with E-state index in [9.17, 15) is 19.2 Å². The number of carbonyl (C=O) groups is 4. The molecule has 0 bridgehead atoms. The van der Waals surface area contributed by atoms with E-state index >= 15 is 0 Å². The van der Waals surface area contributed by atoms with Gasteiger partial charge in [-0.05, 0) is 52.3 Å². The molecule has 4 aromatic carbocycles. The maximum Gasteiger partial charge on any atom is 0.407 e. The standard InChI is InChI=1S/C48H48N8O7/c1-6-9-22-56(46(58)43(54-48(60)62-5)30-13-11-10-12-14-30)28-42-50-25-39(51-42)32-17-19-36-31(23-32)15-20-37-35-18-16-33(24-34(35)29-63-44(36)37)40-26-49-41(52-40)27-55(21-7-2)45(57)38(8-3)53-47(59)61-4/h1,8,10-20,23-26,38,43H,3,7,9,21-22,27-29H2,2,4-5H3,(H,49,52)(H,50,51)(H,53,59)(H,54,60)/t38-,43+/m0/s1. The number of nitrogens with one attached hydrogen (secondary N) is 4. The van der Waals surface area contributed by atoms with Crippen molar-refractivity contribution in [2.24, 2.45) is 0 Å². The normalized spacial score (nSPS) is 12.3. The Morgan fingerprint density at radius 3 is 2.13 bits per heavy atom. The Labute approximate surface area is 364 Å². The summed E-state index contributed by atoms with van der Waals surface area (Å²) in [6.45, 7) is 7.11. The average Bonchev–Trinajstić information content (AvgIpc) is 4.00. The quantitative estimate of drug-likeness (QED) is 0.0575. The van der Waals surface area contributed by atoms with Gasteiger partial charge in [0.15, 0.2) is 0 Å². The van der Waals surface area contributed by atoms with Gasteiger partial charge in [-0.1, -0.05) is 73.7 Å². The Morgan fingerprint density at radius 1 is 0.841 bits per heavy atom. The third kappa shape index (κ3) is 9.71. The Hall–Kier alpha value is -7.86. The van der Waals surface area contributed by atoms with E-state index in [1.54, 1.807) is 46.5 Å². The van der Waals surface area contributed by atoms with E-state index in [1.165, 1.54) is 20.3 Å². The zero-order valence-corrected chi connectivity index (χ0v) is 35.3. The molecule has 4 amide bonds. The molecule has 0 spiro atoms. The number of terminal acetylenes is 1. The maximum absolute atomic E-state index is 13.9. The predicted molar refractivity (Wildman–Crippen MR) is 238 cm³/mol. The number of hydrogen-bond donors (Lipinski definition) is 4. The number of alkyl carbamates (subject to hydrolysis) is 2. The van der Waals surface area contributed by atoms with Crippen LogP contribution >= 0.6 is 0 Å². The number of fused-ring (bicyclic) bond motifs is 5. The lowest BCUT2D eigenvalue weighted by atomic mass is 9.92. The minimum atomic E-state index is -0.984. The van der Waals surface area contributed by atoms with Gasteiger partial charge in [0.2, 0.25) is 11.8 Å². The van der Waals surface area contributed by atoms with E-state index in [0.29, 0.717) is 43.2 Å². The lowest BCUT2D eigenvalue weighted by Crippen LogP contribution is -2.47. The molecule has 0 unspecified atom stereocenters. The summed E-state index contributed by atoms with van der Waals surface area (Å²) in [4.78, 5) is 70.4. The van der Waals surface area contributed by atoms with E-state index < -0.39 is 24.3 Å². The molecular weight excluding hydrogens is 801 g/mol. The fourth-order valence-corrected chi connectivity index (χ4v) is 7.57. The van der Waals surface area contributed by atoms with Crippen molar-refractivity contribution in [2.75, 3.05) is 27.3 Å². The summed E-state index contributed by atoms with van der Waals surface area (Å²) >= 11 is 0. The van der Waals surface area contributed by atoms with Gasteiger partial charge < -0.3 is 44.6 Å². The lowest BCUT2D eigenvalue weighted by Gasteiger charge is -2.27. The van der Waals surface area contributed by atoms with Crippen molar-refractivity contribution < 1.29 is 33.4 Å². The highest BCUT2D eigenvalue weighted by Crippen LogP contribution is 2.44. The average molecular weight is 849 g/mol. The van der Waals surface area contributed by atoms with Gasteiger partial charge in [0.25, 0.3) is 0 Å². The number of rotatable bonds is 16. The minimum absolute atomic E-state index is 0.136. The van der Waals surface area contributed by atoms with Crippen LogP contribution in [0.4, 0.5) is 9.59 Å². The number of aromatic amines is 2. The Bertz CT molecular complexity index is 2680. The van der Waals surface area contributed by atoms with Crippen LogP contribution < -0.4 is 15.4 Å². The Kier molecular flexibility index (Phi) is 13.5. The third-order valence-corrected chi connectivity index (χ3v) is 10.7. The highest BCUT2D eigenvalue weighted by molar-refractivity contribution is 5.98. The van der Waals surface area contributed by atoms with Crippen LogP contribution in [0.1, 0.15) is 48.6 Å². The summed E-state index contributed by atoms with van der Waals surface area (Å²) in [5, 5.41) is 7.11. The van der Waals surface area contributed by atoms with Gasteiger partial charge in [-0.15, -0.1) is 18.9 Å². The first-order chi connectivity index (χ1) is 30.6. The minimum Gasteiger partial charge on any atom is -0.488 e. The first-order valence-electron chi connectivity index (χ1n) is 20.4. The summed E-state index contributed by atoms with van der Waals surface area (Å²) in [5.74, 6) is 3.89. The molecule has 6 aromatic rings. The van der Waals surface area contributed by atoms with Gasteiger partial charge in [-0.2, -0.15) is 0 Å². The molecular formula is C48H48N8O7. The van der Waals surface area contributed by atoms with Crippen LogP contribution in [0.2, 0.25) is 0 Å². The molecule has 0 saturated heterocycles. The number of imidazole rings is 2. The van der Waals surface area contributed by atoms with Crippen molar-refractivity contribution in [3.8, 4) is 51.7 Å². The summed E-state index contributed by atoms with van der Waals surface area (Å²) in [7, 11) is 2.49. The highest BCUT2D eigenvalue weighted by atomic mass is 16.5. The summed E-state index contributed by atoms with van der Waals surface area (Å²) in [6, 6.07) is 23.5. The number of amides is 4. The van der Waals surface area contributed by atoms with E-state index in [4.69, 9.17) is 15.9 Å².